The Labute approximate surface area is 141 Å². The quantitative estimate of drug-likeness (QED) is 0.201. The highest BCUT2D eigenvalue weighted by atomic mass is 32.2. The molecule has 1 aromatic rings. The average Bonchev–Trinajstić information content (AvgIpc) is 2.80. The van der Waals surface area contributed by atoms with Crippen molar-refractivity contribution >= 4 is 10.1 Å². The molecule has 6 N–H and O–H groups in total. The van der Waals surface area contributed by atoms with E-state index in [1.807, 2.05) is 4.98 Å². The Hall–Kier alpha value is -1.61. The molecule has 0 aliphatic carbocycles. The van der Waals surface area contributed by atoms with Gasteiger partial charge in [-0.15, -0.1) is 0 Å². The minimum absolute atomic E-state index is 0.0349. The van der Waals surface area contributed by atoms with E-state index >= 15 is 0 Å². The predicted molar refractivity (Wildman–Crippen MR) is 82.5 cm³/mol. The second-order valence-corrected chi connectivity index (χ2v) is 7.08. The van der Waals surface area contributed by atoms with Crippen LogP contribution in [-0.4, -0.2) is 75.1 Å². The summed E-state index contributed by atoms with van der Waals surface area (Å²) >= 11 is 0. The van der Waals surface area contributed by atoms with Crippen LogP contribution in [0, 0.1) is 0 Å². The molecule has 1 saturated heterocycles. The van der Waals surface area contributed by atoms with Crippen molar-refractivity contribution < 1.29 is 33.0 Å². The molecule has 12 nitrogen and oxygen atoms in total. The summed E-state index contributed by atoms with van der Waals surface area (Å²) in [5, 5.41) is 31.4. The van der Waals surface area contributed by atoms with Gasteiger partial charge in [0.15, 0.2) is 6.23 Å². The fraction of sp³-hybridized carbons (Fsp3) is 0.667. The third kappa shape index (κ3) is 4.72. The summed E-state index contributed by atoms with van der Waals surface area (Å²) in [6, 6.07) is 0. The zero-order chi connectivity index (χ0) is 18.8. The lowest BCUT2D eigenvalue weighted by atomic mass is 10.1. The molecule has 13 heteroatoms. The third-order valence-electron chi connectivity index (χ3n) is 3.69. The molecule has 25 heavy (non-hydrogen) atoms. The summed E-state index contributed by atoms with van der Waals surface area (Å²) < 4.78 is 36.0. The lowest BCUT2D eigenvalue weighted by Gasteiger charge is -2.18. The summed E-state index contributed by atoms with van der Waals surface area (Å²) in [6.45, 7) is -0.831. The first-order valence-corrected chi connectivity index (χ1v) is 8.87. The smallest absolute Gasteiger partial charge is 0.330 e. The Morgan fingerprint density at radius 3 is 2.52 bits per heavy atom. The van der Waals surface area contributed by atoms with Gasteiger partial charge in [0.2, 0.25) is 0 Å². The van der Waals surface area contributed by atoms with Crippen LogP contribution in [0.1, 0.15) is 11.8 Å². The highest BCUT2D eigenvalue weighted by molar-refractivity contribution is 7.85. The van der Waals surface area contributed by atoms with Crippen LogP contribution in [0.25, 0.3) is 0 Å². The van der Waals surface area contributed by atoms with Crippen molar-refractivity contribution in [1.82, 2.24) is 14.9 Å². The van der Waals surface area contributed by atoms with Crippen LogP contribution in [0.5, 0.6) is 0 Å². The third-order valence-corrected chi connectivity index (χ3v) is 4.41. The van der Waals surface area contributed by atoms with Gasteiger partial charge in [-0.1, -0.05) is 0 Å². The first-order valence-electron chi connectivity index (χ1n) is 7.26. The fourth-order valence-electron chi connectivity index (χ4n) is 2.38. The molecule has 4 unspecified atom stereocenters. The number of H-pyrrole nitrogens is 1. The normalized spacial score (nSPS) is 26.9. The number of nitrogens with one attached hydrogen (secondary N) is 2. The van der Waals surface area contributed by atoms with Crippen molar-refractivity contribution in [3.63, 3.8) is 0 Å². The number of aliphatic hydroxyl groups is 3. The number of aliphatic hydroxyl groups excluding tert-OH is 3. The Balaban J connectivity index is 2.18. The molecule has 2 heterocycles. The van der Waals surface area contributed by atoms with Gasteiger partial charge in [-0.25, -0.2) is 4.79 Å². The lowest BCUT2D eigenvalue weighted by molar-refractivity contribution is -0.0551. The molecule has 1 aromatic heterocycles. The number of ether oxygens (including phenoxy) is 1. The second kappa shape index (κ2) is 7.74. The monoisotopic (exact) mass is 381 g/mol. The minimum atomic E-state index is -4.15. The summed E-state index contributed by atoms with van der Waals surface area (Å²) in [4.78, 5) is 25.7. The highest BCUT2D eigenvalue weighted by Gasteiger charge is 2.43. The molecule has 0 bridgehead atoms. The maximum absolute atomic E-state index is 11.9. The molecular formula is C12H19N3O9S. The maximum atomic E-state index is 11.9. The first kappa shape index (κ1) is 19.7. The summed E-state index contributed by atoms with van der Waals surface area (Å²) in [6.07, 6.45) is -4.21. The molecule has 0 radical (unpaired) electrons. The van der Waals surface area contributed by atoms with E-state index in [0.29, 0.717) is 0 Å². The van der Waals surface area contributed by atoms with Gasteiger partial charge in [-0.3, -0.25) is 18.9 Å². The van der Waals surface area contributed by atoms with Crippen LogP contribution in [0.4, 0.5) is 0 Å². The van der Waals surface area contributed by atoms with E-state index in [0.717, 1.165) is 10.8 Å². The minimum Gasteiger partial charge on any atom is -0.394 e. The number of hydrogen-bond donors (Lipinski definition) is 6. The number of hydrogen-bond acceptors (Lipinski definition) is 9. The molecule has 4 atom stereocenters. The zero-order valence-corrected chi connectivity index (χ0v) is 13.7. The predicted octanol–water partition coefficient (Wildman–Crippen LogP) is -3.87. The molecule has 0 aromatic carbocycles. The molecule has 1 aliphatic rings. The fourth-order valence-corrected chi connectivity index (χ4v) is 2.78. The number of rotatable bonds is 7. The Kier molecular flexibility index (Phi) is 6.10. The molecule has 1 fully saturated rings. The van der Waals surface area contributed by atoms with Crippen LogP contribution in [0.15, 0.2) is 15.8 Å². The lowest BCUT2D eigenvalue weighted by Crippen LogP contribution is -2.39. The van der Waals surface area contributed by atoms with Crippen molar-refractivity contribution in [2.75, 3.05) is 18.9 Å². The van der Waals surface area contributed by atoms with Crippen LogP contribution < -0.4 is 16.6 Å². The zero-order valence-electron chi connectivity index (χ0n) is 12.9. The maximum Gasteiger partial charge on any atom is 0.330 e. The van der Waals surface area contributed by atoms with E-state index in [1.54, 1.807) is 0 Å². The summed E-state index contributed by atoms with van der Waals surface area (Å²) in [5.41, 5.74) is -1.58. The topological polar surface area (TPSA) is 191 Å². The van der Waals surface area contributed by atoms with E-state index in [9.17, 15) is 28.2 Å². The number of nitrogens with zero attached hydrogens (tertiary/aromatic N) is 1. The van der Waals surface area contributed by atoms with E-state index < -0.39 is 58.3 Å². The van der Waals surface area contributed by atoms with Crippen LogP contribution in [0.3, 0.4) is 0 Å². The highest BCUT2D eigenvalue weighted by Crippen LogP contribution is 2.27. The molecule has 1 aliphatic heterocycles. The van der Waals surface area contributed by atoms with Crippen molar-refractivity contribution in [1.29, 1.82) is 0 Å². The molecular weight excluding hydrogens is 362 g/mol. The van der Waals surface area contributed by atoms with Gasteiger partial charge in [-0.2, -0.15) is 8.42 Å². The molecule has 0 amide bonds. The SMILES string of the molecule is O=c1[nH]c(=O)n(C2OC(CO)C(O)C2O)cc1CNCCS(=O)(=O)O. The molecule has 142 valence electrons. The Morgan fingerprint density at radius 2 is 1.96 bits per heavy atom. The second-order valence-electron chi connectivity index (χ2n) is 5.51. The Bertz CT molecular complexity index is 818. The van der Waals surface area contributed by atoms with Crippen molar-refractivity contribution in [3.05, 3.63) is 32.6 Å². The molecule has 2 rings (SSSR count). The number of aromatic nitrogens is 2. The Morgan fingerprint density at radius 1 is 1.28 bits per heavy atom. The van der Waals surface area contributed by atoms with E-state index in [2.05, 4.69) is 5.32 Å². The first-order chi connectivity index (χ1) is 11.6. The van der Waals surface area contributed by atoms with Gasteiger partial charge in [0.05, 0.1) is 12.4 Å². The number of aromatic amines is 1. The van der Waals surface area contributed by atoms with Gasteiger partial charge in [0.1, 0.15) is 18.3 Å². The van der Waals surface area contributed by atoms with Crippen molar-refractivity contribution in [3.8, 4) is 0 Å². The van der Waals surface area contributed by atoms with E-state index in [-0.39, 0.29) is 18.7 Å². The largest absolute Gasteiger partial charge is 0.394 e. The van der Waals surface area contributed by atoms with Crippen LogP contribution >= 0.6 is 0 Å². The van der Waals surface area contributed by atoms with Crippen LogP contribution in [-0.2, 0) is 21.4 Å². The standard InChI is InChI=1S/C12H19N3O9S/c16-5-7-8(17)9(18)11(24-7)15-4-6(10(19)14-12(15)20)3-13-1-2-25(21,22)23/h4,7-9,11,13,16-18H,1-3,5H2,(H,14,19,20)(H,21,22,23). The van der Waals surface area contributed by atoms with Gasteiger partial charge >= 0.3 is 5.69 Å². The van der Waals surface area contributed by atoms with Gasteiger partial charge in [0, 0.05) is 24.8 Å². The average molecular weight is 381 g/mol. The van der Waals surface area contributed by atoms with Crippen molar-refractivity contribution in [2.24, 2.45) is 0 Å². The molecule has 0 spiro atoms. The van der Waals surface area contributed by atoms with E-state index in [4.69, 9.17) is 14.4 Å². The van der Waals surface area contributed by atoms with Gasteiger partial charge in [0.25, 0.3) is 15.7 Å². The summed E-state index contributed by atoms with van der Waals surface area (Å²) in [7, 11) is -4.15. The summed E-state index contributed by atoms with van der Waals surface area (Å²) in [5.74, 6) is -0.556. The van der Waals surface area contributed by atoms with Gasteiger partial charge < -0.3 is 25.4 Å². The molecule has 0 saturated carbocycles. The van der Waals surface area contributed by atoms with E-state index in [1.165, 1.54) is 0 Å². The van der Waals surface area contributed by atoms with Crippen molar-refractivity contribution in [2.45, 2.75) is 31.1 Å². The van der Waals surface area contributed by atoms with Crippen LogP contribution in [0.2, 0.25) is 0 Å². The van der Waals surface area contributed by atoms with Gasteiger partial charge in [-0.05, 0) is 0 Å².